The van der Waals surface area contributed by atoms with Gasteiger partial charge in [0.2, 0.25) is 0 Å². The number of pyridine rings is 1. The standard InChI is InChI=1S/C22H23N3O2S/c26-22(21-5-3-13-28-21)24-10-11-25(16-19-4-1-2-9-23-19)15-17-6-7-20-18(14-17)8-12-27-20/h1-7,9,13-14H,8,10-12,15-16H2,(H,24,26). The number of hydrogen-bond acceptors (Lipinski definition) is 5. The normalized spacial score (nSPS) is 12.6. The third kappa shape index (κ3) is 4.77. The predicted octanol–water partition coefficient (Wildman–Crippen LogP) is 3.51. The molecular formula is C22H23N3O2S. The third-order valence-corrected chi connectivity index (χ3v) is 5.60. The zero-order valence-corrected chi connectivity index (χ0v) is 16.5. The summed E-state index contributed by atoms with van der Waals surface area (Å²) in [5, 5.41) is 4.93. The molecule has 0 saturated carbocycles. The molecule has 3 heterocycles. The minimum absolute atomic E-state index is 0.0116. The smallest absolute Gasteiger partial charge is 0.261 e. The van der Waals surface area contributed by atoms with Crippen molar-refractivity contribution in [2.24, 2.45) is 0 Å². The zero-order valence-electron chi connectivity index (χ0n) is 15.6. The second kappa shape index (κ2) is 8.99. The number of thiophene rings is 1. The van der Waals surface area contributed by atoms with Crippen LogP contribution in [-0.4, -0.2) is 35.5 Å². The Morgan fingerprint density at radius 2 is 2.14 bits per heavy atom. The zero-order chi connectivity index (χ0) is 19.2. The molecule has 0 atom stereocenters. The lowest BCUT2D eigenvalue weighted by molar-refractivity contribution is 0.0951. The number of carbonyl (C=O) groups is 1. The summed E-state index contributed by atoms with van der Waals surface area (Å²) >= 11 is 1.46. The lowest BCUT2D eigenvalue weighted by Gasteiger charge is -2.22. The highest BCUT2D eigenvalue weighted by Gasteiger charge is 2.15. The number of fused-ring (bicyclic) bond motifs is 1. The molecule has 0 fully saturated rings. The molecule has 0 aliphatic carbocycles. The molecule has 4 rings (SSSR count). The van der Waals surface area contributed by atoms with Gasteiger partial charge in [-0.1, -0.05) is 24.3 Å². The van der Waals surface area contributed by atoms with Crippen LogP contribution in [0, 0.1) is 0 Å². The van der Waals surface area contributed by atoms with Gasteiger partial charge in [-0.15, -0.1) is 11.3 Å². The topological polar surface area (TPSA) is 54.5 Å². The van der Waals surface area contributed by atoms with E-state index in [-0.39, 0.29) is 5.91 Å². The Morgan fingerprint density at radius 1 is 1.18 bits per heavy atom. The summed E-state index contributed by atoms with van der Waals surface area (Å²) < 4.78 is 5.61. The molecule has 1 aliphatic heterocycles. The first kappa shape index (κ1) is 18.7. The van der Waals surface area contributed by atoms with Crippen LogP contribution in [0.5, 0.6) is 5.75 Å². The van der Waals surface area contributed by atoms with Gasteiger partial charge in [-0.2, -0.15) is 0 Å². The van der Waals surface area contributed by atoms with E-state index in [9.17, 15) is 4.79 Å². The van der Waals surface area contributed by atoms with Crippen LogP contribution in [0.15, 0.2) is 60.1 Å². The van der Waals surface area contributed by atoms with Crippen molar-refractivity contribution in [3.8, 4) is 5.75 Å². The molecule has 0 radical (unpaired) electrons. The summed E-state index contributed by atoms with van der Waals surface area (Å²) in [6, 6.07) is 16.1. The molecule has 0 spiro atoms. The fourth-order valence-electron chi connectivity index (χ4n) is 3.35. The Kier molecular flexibility index (Phi) is 5.99. The molecule has 1 aromatic carbocycles. The highest BCUT2D eigenvalue weighted by Crippen LogP contribution is 2.26. The number of aromatic nitrogens is 1. The minimum atomic E-state index is -0.0116. The maximum Gasteiger partial charge on any atom is 0.261 e. The molecule has 5 nitrogen and oxygen atoms in total. The molecule has 1 amide bonds. The van der Waals surface area contributed by atoms with Gasteiger partial charge in [-0.3, -0.25) is 14.7 Å². The minimum Gasteiger partial charge on any atom is -0.493 e. The first-order valence-electron chi connectivity index (χ1n) is 9.46. The summed E-state index contributed by atoms with van der Waals surface area (Å²) in [6.07, 6.45) is 2.79. The highest BCUT2D eigenvalue weighted by atomic mass is 32.1. The van der Waals surface area contributed by atoms with Gasteiger partial charge < -0.3 is 10.1 Å². The lowest BCUT2D eigenvalue weighted by Crippen LogP contribution is -2.34. The van der Waals surface area contributed by atoms with Crippen molar-refractivity contribution in [1.29, 1.82) is 0 Å². The molecular weight excluding hydrogens is 370 g/mol. The van der Waals surface area contributed by atoms with Crippen LogP contribution in [0.2, 0.25) is 0 Å². The van der Waals surface area contributed by atoms with Crippen molar-refractivity contribution in [3.05, 3.63) is 81.8 Å². The van der Waals surface area contributed by atoms with E-state index in [2.05, 4.69) is 33.4 Å². The second-order valence-corrected chi connectivity index (χ2v) is 7.75. The van der Waals surface area contributed by atoms with E-state index >= 15 is 0 Å². The van der Waals surface area contributed by atoms with E-state index in [0.29, 0.717) is 6.54 Å². The number of benzene rings is 1. The van der Waals surface area contributed by atoms with Crippen LogP contribution in [-0.2, 0) is 19.5 Å². The SMILES string of the molecule is O=C(NCCN(Cc1ccc2c(c1)CCO2)Cc1ccccn1)c1cccs1. The van der Waals surface area contributed by atoms with Crippen LogP contribution in [0.1, 0.15) is 26.5 Å². The van der Waals surface area contributed by atoms with E-state index in [1.54, 1.807) is 0 Å². The van der Waals surface area contributed by atoms with Gasteiger partial charge >= 0.3 is 0 Å². The summed E-state index contributed by atoms with van der Waals surface area (Å²) in [7, 11) is 0. The van der Waals surface area contributed by atoms with E-state index in [1.165, 1.54) is 22.5 Å². The van der Waals surface area contributed by atoms with Crippen molar-refractivity contribution in [2.75, 3.05) is 19.7 Å². The molecule has 28 heavy (non-hydrogen) atoms. The van der Waals surface area contributed by atoms with E-state index in [4.69, 9.17) is 4.74 Å². The fraction of sp³-hybridized carbons (Fsp3) is 0.273. The van der Waals surface area contributed by atoms with Crippen LogP contribution in [0.4, 0.5) is 0 Å². The molecule has 0 unspecified atom stereocenters. The van der Waals surface area contributed by atoms with Crippen LogP contribution in [0.3, 0.4) is 0 Å². The van der Waals surface area contributed by atoms with Crippen molar-refractivity contribution in [2.45, 2.75) is 19.5 Å². The number of nitrogens with zero attached hydrogens (tertiary/aromatic N) is 2. The van der Waals surface area contributed by atoms with Crippen molar-refractivity contribution in [1.82, 2.24) is 15.2 Å². The Balaban J connectivity index is 1.40. The summed E-state index contributed by atoms with van der Waals surface area (Å²) in [5.41, 5.74) is 3.56. The molecule has 0 saturated heterocycles. The number of amides is 1. The monoisotopic (exact) mass is 393 g/mol. The summed E-state index contributed by atoms with van der Waals surface area (Å²) in [4.78, 5) is 19.7. The number of nitrogens with one attached hydrogen (secondary N) is 1. The molecule has 1 N–H and O–H groups in total. The van der Waals surface area contributed by atoms with Crippen molar-refractivity contribution >= 4 is 17.2 Å². The summed E-state index contributed by atoms with van der Waals surface area (Å²) in [6.45, 7) is 3.66. The number of carbonyl (C=O) groups excluding carboxylic acids is 1. The first-order valence-corrected chi connectivity index (χ1v) is 10.3. The average Bonchev–Trinajstić information content (AvgIpc) is 3.40. The lowest BCUT2D eigenvalue weighted by atomic mass is 10.1. The van der Waals surface area contributed by atoms with Crippen molar-refractivity contribution < 1.29 is 9.53 Å². The van der Waals surface area contributed by atoms with Gasteiger partial charge in [0.15, 0.2) is 0 Å². The number of ether oxygens (including phenoxy) is 1. The average molecular weight is 394 g/mol. The number of rotatable bonds is 8. The third-order valence-electron chi connectivity index (χ3n) is 4.73. The molecule has 3 aromatic rings. The Bertz CT molecular complexity index is 913. The molecule has 144 valence electrons. The van der Waals surface area contributed by atoms with Gasteiger partial charge in [0.25, 0.3) is 5.91 Å². The van der Waals surface area contributed by atoms with Gasteiger partial charge in [-0.05, 0) is 40.8 Å². The summed E-state index contributed by atoms with van der Waals surface area (Å²) in [5.74, 6) is 0.991. The van der Waals surface area contributed by atoms with E-state index in [1.807, 2.05) is 41.9 Å². The molecule has 1 aliphatic rings. The molecule has 0 bridgehead atoms. The van der Waals surface area contributed by atoms with Gasteiger partial charge in [0.1, 0.15) is 5.75 Å². The van der Waals surface area contributed by atoms with Crippen LogP contribution < -0.4 is 10.1 Å². The molecule has 2 aromatic heterocycles. The largest absolute Gasteiger partial charge is 0.493 e. The van der Waals surface area contributed by atoms with Gasteiger partial charge in [0, 0.05) is 38.8 Å². The maximum absolute atomic E-state index is 12.2. The Morgan fingerprint density at radius 3 is 2.96 bits per heavy atom. The number of hydrogen-bond donors (Lipinski definition) is 1. The Labute approximate surface area is 169 Å². The quantitative estimate of drug-likeness (QED) is 0.636. The van der Waals surface area contributed by atoms with Crippen molar-refractivity contribution in [3.63, 3.8) is 0 Å². The predicted molar refractivity (Wildman–Crippen MR) is 111 cm³/mol. The van der Waals surface area contributed by atoms with Gasteiger partial charge in [0.05, 0.1) is 17.2 Å². The second-order valence-electron chi connectivity index (χ2n) is 6.81. The van der Waals surface area contributed by atoms with E-state index in [0.717, 1.165) is 49.0 Å². The van der Waals surface area contributed by atoms with Gasteiger partial charge in [-0.25, -0.2) is 0 Å². The first-order chi connectivity index (χ1) is 13.8. The fourth-order valence-corrected chi connectivity index (χ4v) is 3.99. The maximum atomic E-state index is 12.2. The highest BCUT2D eigenvalue weighted by molar-refractivity contribution is 7.12. The Hall–Kier alpha value is -2.70. The van der Waals surface area contributed by atoms with Crippen LogP contribution in [0.25, 0.3) is 0 Å². The van der Waals surface area contributed by atoms with E-state index < -0.39 is 0 Å². The van der Waals surface area contributed by atoms with Crippen LogP contribution >= 0.6 is 11.3 Å². The molecule has 6 heteroatoms.